The van der Waals surface area contributed by atoms with Crippen LogP contribution in [0.5, 0.6) is 0 Å². The molecule has 1 amide bonds. The van der Waals surface area contributed by atoms with E-state index in [2.05, 4.69) is 24.1 Å². The van der Waals surface area contributed by atoms with E-state index < -0.39 is 0 Å². The molecule has 2 aromatic heterocycles. The molecule has 0 unspecified atom stereocenters. The SMILES string of the molecule is CC(C)c1cnc(NC(=O)CCC(=O)c2cccs2)s1. The number of aromatic nitrogens is 1. The lowest BCUT2D eigenvalue weighted by Crippen LogP contribution is -2.12. The van der Waals surface area contributed by atoms with Crippen molar-refractivity contribution >= 4 is 39.5 Å². The van der Waals surface area contributed by atoms with Gasteiger partial charge in [0.25, 0.3) is 0 Å². The Kier molecular flexibility index (Phi) is 5.03. The molecular weight excluding hydrogens is 292 g/mol. The molecule has 0 saturated heterocycles. The van der Waals surface area contributed by atoms with Gasteiger partial charge in [-0.25, -0.2) is 4.98 Å². The summed E-state index contributed by atoms with van der Waals surface area (Å²) >= 11 is 2.88. The standard InChI is InChI=1S/C14H16N2O2S2/c1-9(2)12-8-15-14(20-12)16-13(18)6-5-10(17)11-4-3-7-19-11/h3-4,7-9H,5-6H2,1-2H3,(H,15,16,18). The summed E-state index contributed by atoms with van der Waals surface area (Å²) in [5, 5.41) is 5.19. The Labute approximate surface area is 125 Å². The summed E-state index contributed by atoms with van der Waals surface area (Å²) in [6.07, 6.45) is 2.20. The van der Waals surface area contributed by atoms with Crippen LogP contribution in [0.3, 0.4) is 0 Å². The van der Waals surface area contributed by atoms with Crippen LogP contribution in [0.25, 0.3) is 0 Å². The van der Waals surface area contributed by atoms with Crippen molar-refractivity contribution in [3.05, 3.63) is 33.5 Å². The number of ketones is 1. The van der Waals surface area contributed by atoms with Crippen molar-refractivity contribution in [2.24, 2.45) is 0 Å². The smallest absolute Gasteiger partial charge is 0.226 e. The summed E-state index contributed by atoms with van der Waals surface area (Å²) in [7, 11) is 0. The van der Waals surface area contributed by atoms with Gasteiger partial charge in [-0.1, -0.05) is 19.9 Å². The van der Waals surface area contributed by atoms with Gasteiger partial charge in [-0.05, 0) is 17.4 Å². The highest BCUT2D eigenvalue weighted by atomic mass is 32.1. The molecule has 0 atom stereocenters. The molecule has 20 heavy (non-hydrogen) atoms. The van der Waals surface area contributed by atoms with Crippen LogP contribution in [0.15, 0.2) is 23.7 Å². The van der Waals surface area contributed by atoms with E-state index in [0.717, 1.165) is 4.88 Å². The second-order valence-corrected chi connectivity index (χ2v) is 6.68. The van der Waals surface area contributed by atoms with E-state index in [-0.39, 0.29) is 24.5 Å². The average Bonchev–Trinajstić information content (AvgIpc) is 3.06. The first-order valence-corrected chi connectivity index (χ1v) is 8.08. The molecule has 0 radical (unpaired) electrons. The van der Waals surface area contributed by atoms with Crippen LogP contribution in [0, 0.1) is 0 Å². The highest BCUT2D eigenvalue weighted by Gasteiger charge is 2.12. The first-order valence-electron chi connectivity index (χ1n) is 6.38. The molecule has 2 aromatic rings. The second kappa shape index (κ2) is 6.76. The molecule has 0 aliphatic carbocycles. The van der Waals surface area contributed by atoms with Gasteiger partial charge in [-0.15, -0.1) is 22.7 Å². The molecule has 0 bridgehead atoms. The van der Waals surface area contributed by atoms with E-state index in [1.54, 1.807) is 12.3 Å². The monoisotopic (exact) mass is 308 g/mol. The predicted octanol–water partition coefficient (Wildman–Crippen LogP) is 3.93. The number of rotatable bonds is 6. The lowest BCUT2D eigenvalue weighted by molar-refractivity contribution is -0.116. The molecule has 2 rings (SSSR count). The van der Waals surface area contributed by atoms with Crippen LogP contribution in [0.4, 0.5) is 5.13 Å². The van der Waals surface area contributed by atoms with Gasteiger partial charge < -0.3 is 5.32 Å². The molecular formula is C14H16N2O2S2. The lowest BCUT2D eigenvalue weighted by atomic mass is 10.2. The van der Waals surface area contributed by atoms with E-state index in [0.29, 0.717) is 15.9 Å². The normalized spacial score (nSPS) is 10.8. The van der Waals surface area contributed by atoms with E-state index in [9.17, 15) is 9.59 Å². The van der Waals surface area contributed by atoms with E-state index in [1.807, 2.05) is 11.4 Å². The van der Waals surface area contributed by atoms with Crippen LogP contribution < -0.4 is 5.32 Å². The number of nitrogens with zero attached hydrogens (tertiary/aromatic N) is 1. The van der Waals surface area contributed by atoms with Gasteiger partial charge in [0.15, 0.2) is 10.9 Å². The van der Waals surface area contributed by atoms with Crippen molar-refractivity contribution in [3.8, 4) is 0 Å². The van der Waals surface area contributed by atoms with Crippen molar-refractivity contribution in [2.75, 3.05) is 5.32 Å². The molecule has 0 spiro atoms. The highest BCUT2D eigenvalue weighted by molar-refractivity contribution is 7.15. The molecule has 4 nitrogen and oxygen atoms in total. The third-order valence-corrected chi connectivity index (χ3v) is 4.84. The number of nitrogens with one attached hydrogen (secondary N) is 1. The van der Waals surface area contributed by atoms with Gasteiger partial charge in [-0.3, -0.25) is 9.59 Å². The topological polar surface area (TPSA) is 59.1 Å². The number of carbonyl (C=O) groups is 2. The van der Waals surface area contributed by atoms with Crippen LogP contribution in [-0.4, -0.2) is 16.7 Å². The maximum absolute atomic E-state index is 11.8. The summed E-state index contributed by atoms with van der Waals surface area (Å²) in [5.41, 5.74) is 0. The Morgan fingerprint density at radius 2 is 2.15 bits per heavy atom. The number of thiophene rings is 1. The third-order valence-electron chi connectivity index (χ3n) is 2.71. The minimum Gasteiger partial charge on any atom is -0.302 e. The second-order valence-electron chi connectivity index (χ2n) is 4.67. The fourth-order valence-electron chi connectivity index (χ4n) is 1.58. The third kappa shape index (κ3) is 3.98. The Morgan fingerprint density at radius 3 is 2.75 bits per heavy atom. The molecule has 1 N–H and O–H groups in total. The Bertz CT molecular complexity index is 588. The van der Waals surface area contributed by atoms with Gasteiger partial charge in [0.1, 0.15) is 0 Å². The molecule has 106 valence electrons. The quantitative estimate of drug-likeness (QED) is 0.823. The van der Waals surface area contributed by atoms with Crippen molar-refractivity contribution in [2.45, 2.75) is 32.6 Å². The summed E-state index contributed by atoms with van der Waals surface area (Å²) in [6.45, 7) is 4.16. The Hall–Kier alpha value is -1.53. The van der Waals surface area contributed by atoms with Gasteiger partial charge in [0, 0.05) is 23.9 Å². The lowest BCUT2D eigenvalue weighted by Gasteiger charge is -2.01. The van der Waals surface area contributed by atoms with Crippen LogP contribution in [0.1, 0.15) is 47.2 Å². The van der Waals surface area contributed by atoms with Gasteiger partial charge in [0.05, 0.1) is 4.88 Å². The molecule has 0 fully saturated rings. The molecule has 0 aliphatic heterocycles. The number of amides is 1. The van der Waals surface area contributed by atoms with Crippen molar-refractivity contribution < 1.29 is 9.59 Å². The van der Waals surface area contributed by atoms with Crippen molar-refractivity contribution in [1.82, 2.24) is 4.98 Å². The van der Waals surface area contributed by atoms with E-state index >= 15 is 0 Å². The van der Waals surface area contributed by atoms with Crippen LogP contribution in [-0.2, 0) is 4.79 Å². The first-order chi connectivity index (χ1) is 9.56. The zero-order chi connectivity index (χ0) is 14.5. The number of carbonyl (C=O) groups excluding carboxylic acids is 2. The van der Waals surface area contributed by atoms with Crippen molar-refractivity contribution in [1.29, 1.82) is 0 Å². The highest BCUT2D eigenvalue weighted by Crippen LogP contribution is 2.25. The maximum atomic E-state index is 11.8. The Morgan fingerprint density at radius 1 is 1.35 bits per heavy atom. The fourth-order valence-corrected chi connectivity index (χ4v) is 3.11. The van der Waals surface area contributed by atoms with Gasteiger partial charge in [-0.2, -0.15) is 0 Å². The summed E-state index contributed by atoms with van der Waals surface area (Å²) in [4.78, 5) is 29.5. The summed E-state index contributed by atoms with van der Waals surface area (Å²) in [5.74, 6) is 0.246. The molecule has 2 heterocycles. The number of Topliss-reactive ketones (excluding diaryl/α,β-unsaturated/α-hetero) is 1. The number of thiazole rings is 1. The average molecular weight is 308 g/mol. The predicted molar refractivity (Wildman–Crippen MR) is 82.7 cm³/mol. The Balaban J connectivity index is 1.82. The van der Waals surface area contributed by atoms with Gasteiger partial charge in [0.2, 0.25) is 5.91 Å². The minimum atomic E-state index is -0.167. The number of hydrogen-bond donors (Lipinski definition) is 1. The van der Waals surface area contributed by atoms with Gasteiger partial charge >= 0.3 is 0 Å². The van der Waals surface area contributed by atoms with Crippen LogP contribution >= 0.6 is 22.7 Å². The molecule has 0 saturated carbocycles. The summed E-state index contributed by atoms with van der Waals surface area (Å²) in [6, 6.07) is 3.61. The van der Waals surface area contributed by atoms with E-state index in [4.69, 9.17) is 0 Å². The fraction of sp³-hybridized carbons (Fsp3) is 0.357. The molecule has 0 aromatic carbocycles. The van der Waals surface area contributed by atoms with E-state index in [1.165, 1.54) is 22.7 Å². The molecule has 0 aliphatic rings. The van der Waals surface area contributed by atoms with Crippen LogP contribution in [0.2, 0.25) is 0 Å². The minimum absolute atomic E-state index is 0.0113. The molecule has 6 heteroatoms. The zero-order valence-corrected chi connectivity index (χ0v) is 13.0. The summed E-state index contributed by atoms with van der Waals surface area (Å²) < 4.78 is 0. The first kappa shape index (κ1) is 14.9. The van der Waals surface area contributed by atoms with Crippen molar-refractivity contribution in [3.63, 3.8) is 0 Å². The number of hydrogen-bond acceptors (Lipinski definition) is 5. The zero-order valence-electron chi connectivity index (χ0n) is 11.4. The largest absolute Gasteiger partial charge is 0.302 e. The number of anilines is 1. The maximum Gasteiger partial charge on any atom is 0.226 e.